The van der Waals surface area contributed by atoms with Gasteiger partial charge < -0.3 is 10.4 Å². The van der Waals surface area contributed by atoms with Gasteiger partial charge in [-0.3, -0.25) is 9.59 Å². The number of carbonyl (C=O) groups is 2. The number of thioether (sulfide) groups is 1. The summed E-state index contributed by atoms with van der Waals surface area (Å²) in [5.41, 5.74) is 2.65. The Morgan fingerprint density at radius 3 is 2.39 bits per heavy atom. The average molecular weight is 421 g/mol. The molecule has 0 spiro atoms. The lowest BCUT2D eigenvalue weighted by atomic mass is 10.0. The highest BCUT2D eigenvalue weighted by Gasteiger charge is 2.28. The molecule has 3 rings (SSSR count). The van der Waals surface area contributed by atoms with Gasteiger partial charge >= 0.3 is 5.97 Å². The van der Waals surface area contributed by atoms with E-state index in [1.807, 2.05) is 24.3 Å². The lowest BCUT2D eigenvalue weighted by Crippen LogP contribution is -2.35. The van der Waals surface area contributed by atoms with E-state index in [0.717, 1.165) is 17.3 Å². The van der Waals surface area contributed by atoms with Crippen LogP contribution < -0.4 is 5.32 Å². The van der Waals surface area contributed by atoms with Crippen LogP contribution in [-0.2, 0) is 32.6 Å². The summed E-state index contributed by atoms with van der Waals surface area (Å²) in [6.07, 6.45) is 0.678. The quantitative estimate of drug-likeness (QED) is 0.712. The van der Waals surface area contributed by atoms with Gasteiger partial charge in [0.15, 0.2) is 0 Å². The molecule has 148 valence electrons. The van der Waals surface area contributed by atoms with E-state index < -0.39 is 16.0 Å². The maximum absolute atomic E-state index is 12.9. The number of carbonyl (C=O) groups excluding carboxylic acids is 1. The van der Waals surface area contributed by atoms with Crippen molar-refractivity contribution in [2.75, 3.05) is 23.4 Å². The highest BCUT2D eigenvalue weighted by molar-refractivity contribution is 8.00. The lowest BCUT2D eigenvalue weighted by Gasteiger charge is -2.28. The van der Waals surface area contributed by atoms with Crippen molar-refractivity contribution in [3.05, 3.63) is 59.7 Å². The first kappa shape index (κ1) is 20.4. The van der Waals surface area contributed by atoms with Gasteiger partial charge in [0.25, 0.3) is 0 Å². The number of sulfonamides is 1. The highest BCUT2D eigenvalue weighted by atomic mass is 32.2. The fourth-order valence-corrected chi connectivity index (χ4v) is 4.92. The van der Waals surface area contributed by atoms with E-state index in [1.165, 1.54) is 34.1 Å². The Balaban J connectivity index is 1.64. The molecule has 0 aromatic heterocycles. The first-order chi connectivity index (χ1) is 13.4. The molecule has 28 heavy (non-hydrogen) atoms. The van der Waals surface area contributed by atoms with Crippen LogP contribution in [-0.4, -0.2) is 47.8 Å². The molecule has 2 aromatic carbocycles. The molecule has 0 fully saturated rings. The molecule has 1 heterocycles. The SMILES string of the molecule is O=C(O)CSCC(=O)Nc1ccc(S(=O)(=O)N2CCc3ccccc3C2)cc1. The molecule has 1 aliphatic heterocycles. The van der Waals surface area contributed by atoms with Crippen molar-refractivity contribution in [2.45, 2.75) is 17.9 Å². The molecule has 0 saturated heterocycles. The number of fused-ring (bicyclic) bond motifs is 1. The van der Waals surface area contributed by atoms with Crippen molar-refractivity contribution in [1.29, 1.82) is 0 Å². The Kier molecular flexibility index (Phi) is 6.38. The number of nitrogens with one attached hydrogen (secondary N) is 1. The zero-order valence-electron chi connectivity index (χ0n) is 15.0. The summed E-state index contributed by atoms with van der Waals surface area (Å²) in [5, 5.41) is 11.2. The van der Waals surface area contributed by atoms with Crippen LogP contribution in [0.4, 0.5) is 5.69 Å². The van der Waals surface area contributed by atoms with E-state index in [4.69, 9.17) is 5.11 Å². The number of rotatable bonds is 7. The Bertz CT molecular complexity index is 974. The van der Waals surface area contributed by atoms with E-state index in [0.29, 0.717) is 25.2 Å². The molecule has 9 heteroatoms. The van der Waals surface area contributed by atoms with Crippen LogP contribution in [0, 0.1) is 0 Å². The van der Waals surface area contributed by atoms with Crippen molar-refractivity contribution in [2.24, 2.45) is 0 Å². The van der Waals surface area contributed by atoms with Crippen molar-refractivity contribution in [1.82, 2.24) is 4.31 Å². The topological polar surface area (TPSA) is 104 Å². The van der Waals surface area contributed by atoms with Gasteiger partial charge in [0.2, 0.25) is 15.9 Å². The second-order valence-electron chi connectivity index (χ2n) is 6.32. The summed E-state index contributed by atoms with van der Waals surface area (Å²) in [6, 6.07) is 13.8. The first-order valence-corrected chi connectivity index (χ1v) is 11.2. The Morgan fingerprint density at radius 2 is 1.71 bits per heavy atom. The molecule has 2 aromatic rings. The number of hydrogen-bond donors (Lipinski definition) is 2. The summed E-state index contributed by atoms with van der Waals surface area (Å²) in [7, 11) is -3.62. The van der Waals surface area contributed by atoms with Gasteiger partial charge in [0.1, 0.15) is 0 Å². The third kappa shape index (κ3) is 4.92. The lowest BCUT2D eigenvalue weighted by molar-refractivity contribution is -0.133. The van der Waals surface area contributed by atoms with Crippen LogP contribution in [0.2, 0.25) is 0 Å². The standard InChI is InChI=1S/C19H20N2O5S2/c22-18(12-27-13-19(23)24)20-16-5-7-17(8-6-16)28(25,26)21-10-9-14-3-1-2-4-15(14)11-21/h1-8H,9-13H2,(H,20,22)(H,23,24). The molecular formula is C19H20N2O5S2. The summed E-state index contributed by atoms with van der Waals surface area (Å²) < 4.78 is 27.3. The number of benzene rings is 2. The van der Waals surface area contributed by atoms with E-state index >= 15 is 0 Å². The molecule has 0 aliphatic carbocycles. The van der Waals surface area contributed by atoms with Crippen molar-refractivity contribution >= 4 is 39.3 Å². The zero-order valence-corrected chi connectivity index (χ0v) is 16.6. The number of nitrogens with zero attached hydrogens (tertiary/aromatic N) is 1. The number of hydrogen-bond acceptors (Lipinski definition) is 5. The molecule has 1 amide bonds. The first-order valence-electron chi connectivity index (χ1n) is 8.62. The Morgan fingerprint density at radius 1 is 1.04 bits per heavy atom. The van der Waals surface area contributed by atoms with Crippen LogP contribution in [0.5, 0.6) is 0 Å². The van der Waals surface area contributed by atoms with Gasteiger partial charge in [-0.05, 0) is 41.8 Å². The average Bonchev–Trinajstić information content (AvgIpc) is 2.67. The zero-order chi connectivity index (χ0) is 20.1. The van der Waals surface area contributed by atoms with E-state index in [2.05, 4.69) is 5.32 Å². The van der Waals surface area contributed by atoms with Gasteiger partial charge in [-0.25, -0.2) is 8.42 Å². The van der Waals surface area contributed by atoms with Gasteiger partial charge in [-0.15, -0.1) is 11.8 Å². The second kappa shape index (κ2) is 8.76. The van der Waals surface area contributed by atoms with Crippen molar-refractivity contribution < 1.29 is 23.1 Å². The molecule has 0 unspecified atom stereocenters. The number of carboxylic acid groups (broad SMARTS) is 1. The number of amides is 1. The molecule has 0 radical (unpaired) electrons. The minimum Gasteiger partial charge on any atom is -0.481 e. The minimum absolute atomic E-state index is 0.0134. The summed E-state index contributed by atoms with van der Waals surface area (Å²) in [4.78, 5) is 22.4. The number of aliphatic carboxylic acids is 1. The Labute approximate surface area is 167 Å². The maximum atomic E-state index is 12.9. The van der Waals surface area contributed by atoms with Crippen LogP contribution in [0.1, 0.15) is 11.1 Å². The van der Waals surface area contributed by atoms with Gasteiger partial charge in [0.05, 0.1) is 16.4 Å². The third-order valence-electron chi connectivity index (χ3n) is 4.33. The molecular weight excluding hydrogens is 400 g/mol. The summed E-state index contributed by atoms with van der Waals surface area (Å²) in [6.45, 7) is 0.774. The van der Waals surface area contributed by atoms with E-state index in [1.54, 1.807) is 0 Å². The molecule has 0 bridgehead atoms. The van der Waals surface area contributed by atoms with Gasteiger partial charge in [-0.2, -0.15) is 4.31 Å². The van der Waals surface area contributed by atoms with Crippen molar-refractivity contribution in [3.63, 3.8) is 0 Å². The molecule has 7 nitrogen and oxygen atoms in total. The fourth-order valence-electron chi connectivity index (χ4n) is 2.96. The van der Waals surface area contributed by atoms with Crippen LogP contribution in [0.25, 0.3) is 0 Å². The molecule has 2 N–H and O–H groups in total. The number of anilines is 1. The van der Waals surface area contributed by atoms with E-state index in [-0.39, 0.29) is 22.3 Å². The van der Waals surface area contributed by atoms with E-state index in [9.17, 15) is 18.0 Å². The highest BCUT2D eigenvalue weighted by Crippen LogP contribution is 2.25. The third-order valence-corrected chi connectivity index (χ3v) is 7.11. The van der Waals surface area contributed by atoms with Crippen LogP contribution in [0.15, 0.2) is 53.4 Å². The molecule has 0 atom stereocenters. The fraction of sp³-hybridized carbons (Fsp3) is 0.263. The predicted molar refractivity (Wildman–Crippen MR) is 108 cm³/mol. The van der Waals surface area contributed by atoms with Gasteiger partial charge in [-0.1, -0.05) is 24.3 Å². The summed E-state index contributed by atoms with van der Waals surface area (Å²) >= 11 is 0.995. The normalized spacial score (nSPS) is 14.3. The monoisotopic (exact) mass is 420 g/mol. The predicted octanol–water partition coefficient (Wildman–Crippen LogP) is 2.19. The largest absolute Gasteiger partial charge is 0.481 e. The maximum Gasteiger partial charge on any atom is 0.313 e. The second-order valence-corrected chi connectivity index (χ2v) is 9.24. The van der Waals surface area contributed by atoms with Crippen LogP contribution >= 0.6 is 11.8 Å². The molecule has 0 saturated carbocycles. The summed E-state index contributed by atoms with van der Waals surface area (Å²) in [5.74, 6) is -1.45. The van der Waals surface area contributed by atoms with Crippen LogP contribution in [0.3, 0.4) is 0 Å². The Hall–Kier alpha value is -2.36. The van der Waals surface area contributed by atoms with Gasteiger partial charge in [0, 0.05) is 18.8 Å². The molecule has 1 aliphatic rings. The number of carboxylic acids is 1. The van der Waals surface area contributed by atoms with Crippen molar-refractivity contribution in [3.8, 4) is 0 Å². The minimum atomic E-state index is -3.62. The smallest absolute Gasteiger partial charge is 0.313 e.